The van der Waals surface area contributed by atoms with Crippen LogP contribution in [0.2, 0.25) is 0 Å². The quantitative estimate of drug-likeness (QED) is 0.745. The minimum Gasteiger partial charge on any atom is -0.323 e. The lowest BCUT2D eigenvalue weighted by atomic mass is 10.1. The number of anilines is 1. The van der Waals surface area contributed by atoms with Crippen molar-refractivity contribution in [1.82, 2.24) is 9.55 Å². The van der Waals surface area contributed by atoms with Crippen LogP contribution >= 0.6 is 0 Å². The number of aryl methyl sites for hydroxylation is 1. The van der Waals surface area contributed by atoms with Gasteiger partial charge < -0.3 is 9.88 Å². The van der Waals surface area contributed by atoms with Gasteiger partial charge in [-0.05, 0) is 36.8 Å². The molecule has 1 amide bonds. The zero-order valence-corrected chi connectivity index (χ0v) is 11.4. The number of aromatic nitrogens is 2. The Morgan fingerprint density at radius 2 is 2.14 bits per heavy atom. The molecule has 0 aliphatic carbocycles. The molecule has 104 valence electrons. The minimum atomic E-state index is -0.414. The van der Waals surface area contributed by atoms with Crippen LogP contribution in [0.3, 0.4) is 0 Å². The molecule has 0 radical (unpaired) electrons. The summed E-state index contributed by atoms with van der Waals surface area (Å²) in [6.07, 6.45) is 2.08. The number of nitrogens with zero attached hydrogens (tertiary/aromatic N) is 2. The molecule has 0 bridgehead atoms. The maximum atomic E-state index is 14.1. The molecule has 1 aliphatic rings. The predicted molar refractivity (Wildman–Crippen MR) is 78.1 cm³/mol. The van der Waals surface area contributed by atoms with E-state index in [4.69, 9.17) is 0 Å². The maximum Gasteiger partial charge on any atom is 0.228 e. The van der Waals surface area contributed by atoms with Crippen LogP contribution < -0.4 is 5.32 Å². The number of halogens is 1. The largest absolute Gasteiger partial charge is 0.323 e. The van der Waals surface area contributed by atoms with Crippen LogP contribution in [0.4, 0.5) is 10.1 Å². The number of benzene rings is 1. The summed E-state index contributed by atoms with van der Waals surface area (Å²) in [5, 5.41) is 3.54. The molecule has 0 saturated heterocycles. The molecule has 3 aromatic rings. The lowest BCUT2D eigenvalue weighted by Crippen LogP contribution is -2.04. The van der Waals surface area contributed by atoms with Gasteiger partial charge >= 0.3 is 0 Å². The number of rotatable bonds is 1. The number of hydrogen-bond donors (Lipinski definition) is 1. The Labute approximate surface area is 120 Å². The molecule has 3 heterocycles. The summed E-state index contributed by atoms with van der Waals surface area (Å²) in [5.41, 5.74) is 3.34. The zero-order chi connectivity index (χ0) is 14.6. The Bertz CT molecular complexity index is 898. The summed E-state index contributed by atoms with van der Waals surface area (Å²) in [6, 6.07) is 9.13. The SMILES string of the molecule is Cc1ccc2ccn(-c3cc(F)c4c(c3)CC(=O)N4)c2n1. The molecule has 1 aromatic carbocycles. The third-order valence-electron chi connectivity index (χ3n) is 3.73. The van der Waals surface area contributed by atoms with Crippen molar-refractivity contribution in [3.8, 4) is 5.69 Å². The fourth-order valence-corrected chi connectivity index (χ4v) is 2.73. The molecular formula is C16H12FN3O. The second-order valence-corrected chi connectivity index (χ2v) is 5.24. The number of carbonyl (C=O) groups is 1. The number of carbonyl (C=O) groups excluding carboxylic acids is 1. The first-order valence-corrected chi connectivity index (χ1v) is 6.69. The molecule has 0 spiro atoms. The van der Waals surface area contributed by atoms with Gasteiger partial charge in [-0.2, -0.15) is 0 Å². The van der Waals surface area contributed by atoms with Crippen LogP contribution in [0.1, 0.15) is 11.3 Å². The number of nitrogens with one attached hydrogen (secondary N) is 1. The fraction of sp³-hybridized carbons (Fsp3) is 0.125. The lowest BCUT2D eigenvalue weighted by molar-refractivity contribution is -0.115. The van der Waals surface area contributed by atoms with Crippen LogP contribution in [0.15, 0.2) is 36.5 Å². The van der Waals surface area contributed by atoms with Crippen LogP contribution in [-0.4, -0.2) is 15.5 Å². The van der Waals surface area contributed by atoms with Crippen molar-refractivity contribution in [2.75, 3.05) is 5.32 Å². The normalized spacial score (nSPS) is 13.5. The Morgan fingerprint density at radius 3 is 3.00 bits per heavy atom. The molecule has 4 rings (SSSR count). The summed E-state index contributed by atoms with van der Waals surface area (Å²) >= 11 is 0. The van der Waals surface area contributed by atoms with Gasteiger partial charge in [0.25, 0.3) is 0 Å². The lowest BCUT2D eigenvalue weighted by Gasteiger charge is -2.08. The molecule has 1 aliphatic heterocycles. The highest BCUT2D eigenvalue weighted by atomic mass is 19.1. The Balaban J connectivity index is 1.94. The van der Waals surface area contributed by atoms with Gasteiger partial charge in [0.15, 0.2) is 0 Å². The van der Waals surface area contributed by atoms with Crippen molar-refractivity contribution in [3.05, 3.63) is 53.6 Å². The molecule has 0 fully saturated rings. The van der Waals surface area contributed by atoms with Crippen molar-refractivity contribution < 1.29 is 9.18 Å². The Kier molecular flexibility index (Phi) is 2.39. The number of fused-ring (bicyclic) bond motifs is 2. The van der Waals surface area contributed by atoms with E-state index in [2.05, 4.69) is 10.3 Å². The van der Waals surface area contributed by atoms with Gasteiger partial charge in [-0.3, -0.25) is 4.79 Å². The standard InChI is InChI=1S/C16H12FN3O/c1-9-2-3-10-4-5-20(16(10)18-9)12-6-11-7-14(21)19-15(11)13(17)8-12/h2-6,8H,7H2,1H3,(H,19,21). The second kappa shape index (κ2) is 4.15. The third-order valence-corrected chi connectivity index (χ3v) is 3.73. The van der Waals surface area contributed by atoms with E-state index < -0.39 is 5.82 Å². The first-order chi connectivity index (χ1) is 10.1. The van der Waals surface area contributed by atoms with Crippen LogP contribution in [0, 0.1) is 12.7 Å². The Hall–Kier alpha value is -2.69. The molecule has 5 heteroatoms. The average Bonchev–Trinajstić information content (AvgIpc) is 3.01. The first kappa shape index (κ1) is 12.1. The molecule has 0 atom stereocenters. The summed E-state index contributed by atoms with van der Waals surface area (Å²) in [4.78, 5) is 15.9. The van der Waals surface area contributed by atoms with Gasteiger partial charge in [-0.1, -0.05) is 0 Å². The highest BCUT2D eigenvalue weighted by Crippen LogP contribution is 2.30. The molecule has 0 unspecified atom stereocenters. The molecule has 4 nitrogen and oxygen atoms in total. The maximum absolute atomic E-state index is 14.1. The van der Waals surface area contributed by atoms with Crippen LogP contribution in [-0.2, 0) is 11.2 Å². The highest BCUT2D eigenvalue weighted by molar-refractivity contribution is 5.99. The van der Waals surface area contributed by atoms with E-state index in [0.29, 0.717) is 16.9 Å². The van der Waals surface area contributed by atoms with Crippen molar-refractivity contribution in [3.63, 3.8) is 0 Å². The van der Waals surface area contributed by atoms with E-state index in [9.17, 15) is 9.18 Å². The van der Waals surface area contributed by atoms with E-state index in [1.807, 2.05) is 42.0 Å². The van der Waals surface area contributed by atoms with Crippen LogP contribution in [0.5, 0.6) is 0 Å². The smallest absolute Gasteiger partial charge is 0.228 e. The molecule has 1 N–H and O–H groups in total. The van der Waals surface area contributed by atoms with Gasteiger partial charge in [-0.15, -0.1) is 0 Å². The van der Waals surface area contributed by atoms with Crippen molar-refractivity contribution in [2.24, 2.45) is 0 Å². The van der Waals surface area contributed by atoms with E-state index in [1.165, 1.54) is 6.07 Å². The first-order valence-electron chi connectivity index (χ1n) is 6.69. The van der Waals surface area contributed by atoms with Crippen molar-refractivity contribution in [2.45, 2.75) is 13.3 Å². The van der Waals surface area contributed by atoms with Crippen LogP contribution in [0.25, 0.3) is 16.7 Å². The van der Waals surface area contributed by atoms with Gasteiger partial charge in [0.1, 0.15) is 11.5 Å². The summed E-state index contributed by atoms with van der Waals surface area (Å²) in [7, 11) is 0. The van der Waals surface area contributed by atoms with E-state index in [0.717, 1.165) is 16.7 Å². The molecule has 2 aromatic heterocycles. The summed E-state index contributed by atoms with van der Waals surface area (Å²) in [6.45, 7) is 1.92. The summed E-state index contributed by atoms with van der Waals surface area (Å²) < 4.78 is 16.0. The van der Waals surface area contributed by atoms with Gasteiger partial charge in [0, 0.05) is 23.3 Å². The van der Waals surface area contributed by atoms with E-state index in [1.54, 1.807) is 0 Å². The average molecular weight is 281 g/mol. The Morgan fingerprint density at radius 1 is 1.29 bits per heavy atom. The zero-order valence-electron chi connectivity index (χ0n) is 11.4. The summed E-state index contributed by atoms with van der Waals surface area (Å²) in [5.74, 6) is -0.588. The second-order valence-electron chi connectivity index (χ2n) is 5.24. The van der Waals surface area contributed by atoms with E-state index in [-0.39, 0.29) is 12.3 Å². The number of hydrogen-bond acceptors (Lipinski definition) is 2. The van der Waals surface area contributed by atoms with E-state index >= 15 is 0 Å². The monoisotopic (exact) mass is 281 g/mol. The highest BCUT2D eigenvalue weighted by Gasteiger charge is 2.22. The van der Waals surface area contributed by atoms with Crippen molar-refractivity contribution in [1.29, 1.82) is 0 Å². The third kappa shape index (κ3) is 1.81. The number of pyridine rings is 1. The number of amides is 1. The molecule has 0 saturated carbocycles. The predicted octanol–water partition coefficient (Wildman–Crippen LogP) is 2.97. The minimum absolute atomic E-state index is 0.174. The molecule has 21 heavy (non-hydrogen) atoms. The van der Waals surface area contributed by atoms with Crippen molar-refractivity contribution >= 4 is 22.6 Å². The van der Waals surface area contributed by atoms with Gasteiger partial charge in [0.05, 0.1) is 17.8 Å². The topological polar surface area (TPSA) is 46.9 Å². The van der Waals surface area contributed by atoms with Gasteiger partial charge in [-0.25, -0.2) is 9.37 Å². The molecular weight excluding hydrogens is 269 g/mol. The fourth-order valence-electron chi connectivity index (χ4n) is 2.73. The van der Waals surface area contributed by atoms with Gasteiger partial charge in [0.2, 0.25) is 5.91 Å².